The molecule has 0 bridgehead atoms. The van der Waals surface area contributed by atoms with E-state index in [1.807, 2.05) is 55.5 Å². The Hall–Kier alpha value is -3.11. The van der Waals surface area contributed by atoms with Crippen molar-refractivity contribution < 1.29 is 9.53 Å². The van der Waals surface area contributed by atoms with Crippen molar-refractivity contribution in [3.8, 4) is 5.75 Å². The number of nitrogens with zero attached hydrogens (tertiary/aromatic N) is 1. The third kappa shape index (κ3) is 5.96. The molecular weight excluding hydrogens is 372 g/mol. The maximum Gasteiger partial charge on any atom is 0.244 e. The first-order valence-electron chi connectivity index (χ1n) is 8.96. The molecule has 3 aromatic rings. The summed E-state index contributed by atoms with van der Waals surface area (Å²) in [6.45, 7) is 2.41. The predicted octanol–water partition coefficient (Wildman–Crippen LogP) is 5.20. The molecule has 3 rings (SSSR count). The van der Waals surface area contributed by atoms with E-state index >= 15 is 0 Å². The topological polar surface area (TPSA) is 51.2 Å². The lowest BCUT2D eigenvalue weighted by Gasteiger charge is -2.14. The van der Waals surface area contributed by atoms with Gasteiger partial charge in [-0.1, -0.05) is 41.9 Å². The van der Waals surface area contributed by atoms with Crippen LogP contribution in [0, 0.1) is 0 Å². The minimum atomic E-state index is -0.163. The molecule has 0 fully saturated rings. The summed E-state index contributed by atoms with van der Waals surface area (Å²) in [5.41, 5.74) is 2.89. The van der Waals surface area contributed by atoms with Gasteiger partial charge in [0.2, 0.25) is 5.91 Å². The number of rotatable bonds is 7. The van der Waals surface area contributed by atoms with Crippen LogP contribution in [0.2, 0.25) is 5.02 Å². The van der Waals surface area contributed by atoms with Gasteiger partial charge < -0.3 is 10.1 Å². The van der Waals surface area contributed by atoms with Gasteiger partial charge in [-0.3, -0.25) is 9.78 Å². The zero-order valence-corrected chi connectivity index (χ0v) is 16.3. The molecule has 0 aliphatic heterocycles. The van der Waals surface area contributed by atoms with Crippen LogP contribution in [-0.4, -0.2) is 10.9 Å². The van der Waals surface area contributed by atoms with E-state index < -0.39 is 0 Å². The van der Waals surface area contributed by atoms with Crippen molar-refractivity contribution >= 4 is 23.6 Å². The lowest BCUT2D eigenvalue weighted by molar-refractivity contribution is -0.117. The van der Waals surface area contributed by atoms with Gasteiger partial charge in [0, 0.05) is 29.1 Å². The molecule has 0 aliphatic rings. The summed E-state index contributed by atoms with van der Waals surface area (Å²) in [5.74, 6) is 0.608. The van der Waals surface area contributed by atoms with Gasteiger partial charge in [0.05, 0.1) is 6.04 Å². The molecule has 0 radical (unpaired) electrons. The molecular formula is C23H21ClN2O2. The zero-order valence-electron chi connectivity index (χ0n) is 15.5. The molecule has 1 N–H and O–H groups in total. The van der Waals surface area contributed by atoms with E-state index in [-0.39, 0.29) is 11.9 Å². The molecule has 0 spiro atoms. The molecule has 4 nitrogen and oxygen atoms in total. The molecule has 0 saturated carbocycles. The van der Waals surface area contributed by atoms with Crippen molar-refractivity contribution in [3.05, 3.63) is 101 Å². The van der Waals surface area contributed by atoms with E-state index in [2.05, 4.69) is 10.3 Å². The highest BCUT2D eigenvalue weighted by Crippen LogP contribution is 2.19. The Morgan fingerprint density at radius 2 is 2.00 bits per heavy atom. The Kier molecular flexibility index (Phi) is 6.82. The molecule has 1 amide bonds. The number of pyridine rings is 1. The van der Waals surface area contributed by atoms with Gasteiger partial charge in [-0.15, -0.1) is 0 Å². The van der Waals surface area contributed by atoms with Crippen molar-refractivity contribution in [3.63, 3.8) is 0 Å². The van der Waals surface area contributed by atoms with Crippen molar-refractivity contribution in [2.24, 2.45) is 0 Å². The second-order valence-corrected chi connectivity index (χ2v) is 6.77. The van der Waals surface area contributed by atoms with E-state index in [1.165, 1.54) is 6.08 Å². The van der Waals surface area contributed by atoms with E-state index in [4.69, 9.17) is 16.3 Å². The molecule has 28 heavy (non-hydrogen) atoms. The largest absolute Gasteiger partial charge is 0.489 e. The van der Waals surface area contributed by atoms with Gasteiger partial charge in [-0.2, -0.15) is 0 Å². The Morgan fingerprint density at radius 1 is 1.18 bits per heavy atom. The summed E-state index contributed by atoms with van der Waals surface area (Å²) < 4.78 is 5.76. The Labute approximate surface area is 169 Å². The second-order valence-electron chi connectivity index (χ2n) is 6.34. The first kappa shape index (κ1) is 19.6. The van der Waals surface area contributed by atoms with Crippen molar-refractivity contribution in [2.75, 3.05) is 0 Å². The van der Waals surface area contributed by atoms with Crippen LogP contribution in [0.25, 0.3) is 6.08 Å². The number of aromatic nitrogens is 1. The SMILES string of the molecule is CC(NC(=O)C=Cc1cccc(Cl)c1)c1ccc(OCc2cccnc2)cc1. The minimum Gasteiger partial charge on any atom is -0.489 e. The summed E-state index contributed by atoms with van der Waals surface area (Å²) in [7, 11) is 0. The molecule has 142 valence electrons. The van der Waals surface area contributed by atoms with Crippen molar-refractivity contribution in [1.82, 2.24) is 10.3 Å². The lowest BCUT2D eigenvalue weighted by atomic mass is 10.1. The highest BCUT2D eigenvalue weighted by atomic mass is 35.5. The third-order valence-electron chi connectivity index (χ3n) is 4.14. The molecule has 1 aromatic heterocycles. The number of nitrogens with one attached hydrogen (secondary N) is 1. The molecule has 0 saturated heterocycles. The smallest absolute Gasteiger partial charge is 0.244 e. The van der Waals surface area contributed by atoms with Gasteiger partial charge in [-0.25, -0.2) is 0 Å². The fraction of sp³-hybridized carbons (Fsp3) is 0.130. The number of benzene rings is 2. The Bertz CT molecular complexity index is 940. The van der Waals surface area contributed by atoms with Crippen LogP contribution < -0.4 is 10.1 Å². The monoisotopic (exact) mass is 392 g/mol. The average Bonchev–Trinajstić information content (AvgIpc) is 2.72. The average molecular weight is 393 g/mol. The number of hydrogen-bond acceptors (Lipinski definition) is 3. The number of hydrogen-bond donors (Lipinski definition) is 1. The van der Waals surface area contributed by atoms with E-state index in [1.54, 1.807) is 30.6 Å². The van der Waals surface area contributed by atoms with Gasteiger partial charge in [0.15, 0.2) is 0 Å². The molecule has 5 heteroatoms. The summed E-state index contributed by atoms with van der Waals surface area (Å²) in [6, 6.07) is 18.8. The van der Waals surface area contributed by atoms with Crippen molar-refractivity contribution in [2.45, 2.75) is 19.6 Å². The Balaban J connectivity index is 1.52. The zero-order chi connectivity index (χ0) is 19.8. The maximum atomic E-state index is 12.1. The van der Waals surface area contributed by atoms with E-state index in [0.29, 0.717) is 11.6 Å². The molecule has 0 aliphatic carbocycles. The fourth-order valence-corrected chi connectivity index (χ4v) is 2.83. The van der Waals surface area contributed by atoms with Gasteiger partial charge >= 0.3 is 0 Å². The van der Waals surface area contributed by atoms with Crippen LogP contribution in [0.5, 0.6) is 5.75 Å². The second kappa shape index (κ2) is 9.72. The number of amides is 1. The summed E-state index contributed by atoms with van der Waals surface area (Å²) in [4.78, 5) is 16.2. The highest BCUT2D eigenvalue weighted by molar-refractivity contribution is 6.30. The summed E-state index contributed by atoms with van der Waals surface area (Å²) in [5, 5.41) is 3.59. The first-order chi connectivity index (χ1) is 13.6. The van der Waals surface area contributed by atoms with Crippen LogP contribution in [0.3, 0.4) is 0 Å². The lowest BCUT2D eigenvalue weighted by Crippen LogP contribution is -2.24. The number of ether oxygens (including phenoxy) is 1. The molecule has 1 heterocycles. The predicted molar refractivity (Wildman–Crippen MR) is 112 cm³/mol. The normalized spacial score (nSPS) is 11.9. The molecule has 1 unspecified atom stereocenters. The number of carbonyl (C=O) groups excluding carboxylic acids is 1. The third-order valence-corrected chi connectivity index (χ3v) is 4.38. The molecule has 1 atom stereocenters. The van der Waals surface area contributed by atoms with Crippen molar-refractivity contribution in [1.29, 1.82) is 0 Å². The van der Waals surface area contributed by atoms with Gasteiger partial charge in [0.25, 0.3) is 0 Å². The summed E-state index contributed by atoms with van der Waals surface area (Å²) in [6.07, 6.45) is 6.76. The van der Waals surface area contributed by atoms with Crippen LogP contribution in [0.15, 0.2) is 79.1 Å². The number of carbonyl (C=O) groups is 1. The van der Waals surface area contributed by atoms with E-state index in [9.17, 15) is 4.79 Å². The quantitative estimate of drug-likeness (QED) is 0.562. The fourth-order valence-electron chi connectivity index (χ4n) is 2.63. The van der Waals surface area contributed by atoms with E-state index in [0.717, 1.165) is 22.4 Å². The maximum absolute atomic E-state index is 12.1. The first-order valence-corrected chi connectivity index (χ1v) is 9.34. The van der Waals surface area contributed by atoms with Gasteiger partial charge in [-0.05, 0) is 54.5 Å². The highest BCUT2D eigenvalue weighted by Gasteiger charge is 2.08. The van der Waals surface area contributed by atoms with Crippen LogP contribution in [0.1, 0.15) is 29.7 Å². The van der Waals surface area contributed by atoms with Gasteiger partial charge in [0.1, 0.15) is 12.4 Å². The van der Waals surface area contributed by atoms with Crippen LogP contribution in [-0.2, 0) is 11.4 Å². The van der Waals surface area contributed by atoms with Crippen LogP contribution in [0.4, 0.5) is 0 Å². The standard InChI is InChI=1S/C23H21ClN2O2/c1-17(26-23(27)12-7-18-4-2-6-21(24)14-18)20-8-10-22(11-9-20)28-16-19-5-3-13-25-15-19/h2-15,17H,16H2,1H3,(H,26,27). The minimum absolute atomic E-state index is 0.121. The Morgan fingerprint density at radius 3 is 2.71 bits per heavy atom. The summed E-state index contributed by atoms with van der Waals surface area (Å²) >= 11 is 5.95. The molecule has 2 aromatic carbocycles. The number of halogens is 1. The van der Waals surface area contributed by atoms with Crippen LogP contribution >= 0.6 is 11.6 Å².